The Morgan fingerprint density at radius 1 is 1.19 bits per heavy atom. The number of rotatable bonds is 5. The van der Waals surface area contributed by atoms with Gasteiger partial charge in [0.25, 0.3) is 0 Å². The molecule has 0 spiro atoms. The van der Waals surface area contributed by atoms with Crippen molar-refractivity contribution in [3.05, 3.63) is 11.1 Å². The van der Waals surface area contributed by atoms with Crippen molar-refractivity contribution in [1.82, 2.24) is 0 Å². The van der Waals surface area contributed by atoms with Crippen molar-refractivity contribution in [2.24, 2.45) is 0 Å². The van der Waals surface area contributed by atoms with Gasteiger partial charge in [0.05, 0.1) is 6.61 Å². The van der Waals surface area contributed by atoms with Gasteiger partial charge in [-0.2, -0.15) is 0 Å². The second kappa shape index (κ2) is 5.99. The fraction of sp³-hybridized carbons (Fsp3) is 0.846. The van der Waals surface area contributed by atoms with Gasteiger partial charge < -0.3 is 9.53 Å². The summed E-state index contributed by atoms with van der Waals surface area (Å²) in [6, 6.07) is 0. The average Bonchev–Trinajstić information content (AvgIpc) is 2.09. The molecule has 0 atom stereocenters. The first-order chi connectivity index (χ1) is 7.12. The van der Waals surface area contributed by atoms with Crippen molar-refractivity contribution in [3.8, 4) is 0 Å². The van der Waals surface area contributed by atoms with Crippen molar-refractivity contribution in [3.63, 3.8) is 0 Å². The molecule has 0 fully saturated rings. The van der Waals surface area contributed by atoms with Gasteiger partial charge in [-0.3, -0.25) is 0 Å². The van der Waals surface area contributed by atoms with Crippen LogP contribution >= 0.6 is 0 Å². The number of hydrogen-bond acceptors (Lipinski definition) is 2. The van der Waals surface area contributed by atoms with Crippen molar-refractivity contribution >= 4 is 8.32 Å². The van der Waals surface area contributed by atoms with Gasteiger partial charge in [-0.1, -0.05) is 26.3 Å². The Morgan fingerprint density at radius 2 is 1.69 bits per heavy atom. The lowest BCUT2D eigenvalue weighted by Gasteiger charge is -2.36. The lowest BCUT2D eigenvalue weighted by atomic mass is 10.1. The standard InChI is InChI=1S/C13H28O2Si/c1-11(2)12(10-14)8-9-15-16(6,7)13(3,4)5/h14H,8-10H2,1-7H3. The molecule has 3 heteroatoms. The zero-order valence-electron chi connectivity index (χ0n) is 12.0. The summed E-state index contributed by atoms with van der Waals surface area (Å²) >= 11 is 0. The van der Waals surface area contributed by atoms with Crippen LogP contribution in [0.3, 0.4) is 0 Å². The lowest BCUT2D eigenvalue weighted by Crippen LogP contribution is -2.41. The molecule has 0 aliphatic carbocycles. The predicted molar refractivity (Wildman–Crippen MR) is 73.2 cm³/mol. The summed E-state index contributed by atoms with van der Waals surface area (Å²) in [4.78, 5) is 0. The fourth-order valence-electron chi connectivity index (χ4n) is 1.13. The molecular formula is C13H28O2Si. The quantitative estimate of drug-likeness (QED) is 0.590. The van der Waals surface area contributed by atoms with Crippen LogP contribution in [0.15, 0.2) is 11.1 Å². The first kappa shape index (κ1) is 15.9. The average molecular weight is 244 g/mol. The number of allylic oxidation sites excluding steroid dienone is 1. The Morgan fingerprint density at radius 3 is 2.00 bits per heavy atom. The maximum absolute atomic E-state index is 9.18. The predicted octanol–water partition coefficient (Wildman–Crippen LogP) is 3.73. The van der Waals surface area contributed by atoms with Crippen LogP contribution in [0.2, 0.25) is 18.1 Å². The largest absolute Gasteiger partial charge is 0.417 e. The smallest absolute Gasteiger partial charge is 0.191 e. The molecule has 0 aliphatic heterocycles. The molecule has 0 aromatic carbocycles. The van der Waals surface area contributed by atoms with Crippen LogP contribution in [0.4, 0.5) is 0 Å². The van der Waals surface area contributed by atoms with Crippen molar-refractivity contribution in [1.29, 1.82) is 0 Å². The summed E-state index contributed by atoms with van der Waals surface area (Å²) in [5.74, 6) is 0. The first-order valence-corrected chi connectivity index (χ1v) is 8.92. The maximum atomic E-state index is 9.18. The normalized spacial score (nSPS) is 12.8. The van der Waals surface area contributed by atoms with E-state index in [0.717, 1.165) is 18.6 Å². The zero-order chi connectivity index (χ0) is 13.0. The van der Waals surface area contributed by atoms with Crippen molar-refractivity contribution in [2.45, 2.75) is 59.2 Å². The Bertz CT molecular complexity index is 245. The van der Waals surface area contributed by atoms with Crippen LogP contribution in [0.1, 0.15) is 41.0 Å². The Labute approximate surface area is 102 Å². The van der Waals surface area contributed by atoms with Crippen LogP contribution in [-0.4, -0.2) is 26.6 Å². The highest BCUT2D eigenvalue weighted by Crippen LogP contribution is 2.36. The third-order valence-corrected chi connectivity index (χ3v) is 8.11. The van der Waals surface area contributed by atoms with E-state index in [1.165, 1.54) is 5.57 Å². The fourth-order valence-corrected chi connectivity index (χ4v) is 2.18. The Balaban J connectivity index is 4.24. The second-order valence-electron chi connectivity index (χ2n) is 6.12. The van der Waals surface area contributed by atoms with Crippen LogP contribution in [0.5, 0.6) is 0 Å². The van der Waals surface area contributed by atoms with Gasteiger partial charge in [0.2, 0.25) is 0 Å². The molecule has 1 N–H and O–H groups in total. The van der Waals surface area contributed by atoms with E-state index < -0.39 is 8.32 Å². The van der Waals surface area contributed by atoms with Gasteiger partial charge in [-0.15, -0.1) is 0 Å². The van der Waals surface area contributed by atoms with Crippen LogP contribution in [-0.2, 0) is 4.43 Å². The molecule has 0 aromatic heterocycles. The van der Waals surface area contributed by atoms with Gasteiger partial charge in [0.15, 0.2) is 8.32 Å². The van der Waals surface area contributed by atoms with E-state index in [1.54, 1.807) is 0 Å². The molecule has 0 bridgehead atoms. The molecule has 0 unspecified atom stereocenters. The molecule has 0 aliphatic rings. The van der Waals surface area contributed by atoms with Crippen LogP contribution in [0, 0.1) is 0 Å². The minimum absolute atomic E-state index is 0.156. The zero-order valence-corrected chi connectivity index (χ0v) is 13.0. The van der Waals surface area contributed by atoms with E-state index >= 15 is 0 Å². The second-order valence-corrected chi connectivity index (χ2v) is 10.9. The number of aliphatic hydroxyl groups is 1. The third kappa shape index (κ3) is 4.81. The highest BCUT2D eigenvalue weighted by molar-refractivity contribution is 6.74. The minimum atomic E-state index is -1.62. The van der Waals surface area contributed by atoms with Gasteiger partial charge in [-0.05, 0) is 44.0 Å². The molecular weight excluding hydrogens is 216 g/mol. The molecule has 0 aromatic rings. The summed E-state index contributed by atoms with van der Waals surface area (Å²) in [6.45, 7) is 16.2. The molecule has 0 saturated heterocycles. The molecule has 2 nitrogen and oxygen atoms in total. The van der Waals surface area contributed by atoms with E-state index in [-0.39, 0.29) is 11.6 Å². The molecule has 0 rings (SSSR count). The molecule has 0 saturated carbocycles. The van der Waals surface area contributed by atoms with Crippen LogP contribution < -0.4 is 0 Å². The van der Waals surface area contributed by atoms with E-state index in [4.69, 9.17) is 4.43 Å². The molecule has 0 amide bonds. The molecule has 96 valence electrons. The summed E-state index contributed by atoms with van der Waals surface area (Å²) in [6.07, 6.45) is 0.853. The van der Waals surface area contributed by atoms with Gasteiger partial charge >= 0.3 is 0 Å². The molecule has 0 heterocycles. The Hall–Kier alpha value is -0.123. The van der Waals surface area contributed by atoms with Crippen molar-refractivity contribution in [2.75, 3.05) is 13.2 Å². The van der Waals surface area contributed by atoms with E-state index in [9.17, 15) is 5.11 Å². The summed E-state index contributed by atoms with van der Waals surface area (Å²) < 4.78 is 6.07. The molecule has 16 heavy (non-hydrogen) atoms. The maximum Gasteiger partial charge on any atom is 0.191 e. The monoisotopic (exact) mass is 244 g/mol. The number of aliphatic hydroxyl groups excluding tert-OH is 1. The summed E-state index contributed by atoms with van der Waals surface area (Å²) in [5, 5.41) is 9.44. The topological polar surface area (TPSA) is 29.5 Å². The number of hydrogen-bond donors (Lipinski definition) is 1. The third-order valence-electron chi connectivity index (χ3n) is 3.57. The van der Waals surface area contributed by atoms with Gasteiger partial charge in [0.1, 0.15) is 0 Å². The minimum Gasteiger partial charge on any atom is -0.417 e. The molecule has 0 radical (unpaired) electrons. The van der Waals surface area contributed by atoms with E-state index in [2.05, 4.69) is 33.9 Å². The highest BCUT2D eigenvalue weighted by atomic mass is 28.4. The lowest BCUT2D eigenvalue weighted by molar-refractivity contribution is 0.274. The van der Waals surface area contributed by atoms with Crippen LogP contribution in [0.25, 0.3) is 0 Å². The highest BCUT2D eigenvalue weighted by Gasteiger charge is 2.36. The SMILES string of the molecule is CC(C)=C(CO)CCO[Si](C)(C)C(C)(C)C. The Kier molecular flexibility index (Phi) is 5.94. The van der Waals surface area contributed by atoms with Crippen molar-refractivity contribution < 1.29 is 9.53 Å². The van der Waals surface area contributed by atoms with E-state index in [0.29, 0.717) is 0 Å². The summed E-state index contributed by atoms with van der Waals surface area (Å²) in [5.41, 5.74) is 2.32. The van der Waals surface area contributed by atoms with E-state index in [1.807, 2.05) is 13.8 Å². The van der Waals surface area contributed by atoms with Gasteiger partial charge in [0, 0.05) is 6.61 Å². The van der Waals surface area contributed by atoms with Gasteiger partial charge in [-0.25, -0.2) is 0 Å². The summed E-state index contributed by atoms with van der Waals surface area (Å²) in [7, 11) is -1.62. The first-order valence-electron chi connectivity index (χ1n) is 6.02.